The minimum absolute atomic E-state index is 0.106. The average molecular weight is 1230 g/mol. The van der Waals surface area contributed by atoms with Gasteiger partial charge in [0.1, 0.15) is 19.3 Å². The molecule has 0 aliphatic carbocycles. The fraction of sp³-hybridized carbons (Fsp3) is 0.392. The Bertz CT molecular complexity index is 2240. The standard InChI is InChI=1S/C21H21IN2O4.C13H15NO4.C7H7IN2O.C6H15N.C4H7ClO2/c22-17-10-8-16(9-11-17)20(26)23-13-19(25)18-7-4-12-24(18)21(27)28-14-15-5-2-1-3-6-15;15-12(16)11-7-4-8-14(11)13(17)18-9-10-5-2-1-3-6-10;8-6-3-1-5(2-4-6)7(11)10-9;1-4-7(5-2)6-3;1-3(2)7-4(5)6/h1-3,5-6,8-11,18H,4,7,12-14H2,(H,23,26);1-3,5-6,11H,4,7-9H2,(H,15,16);1-4H,9H2,(H,10,11);4-6H2,1-3H3;3H,1-2H3/t18-;11-;;;/m00.../s1. The van der Waals surface area contributed by atoms with Crippen molar-refractivity contribution in [1.29, 1.82) is 0 Å². The second-order valence-corrected chi connectivity index (χ2v) is 18.6. The molecule has 17 nitrogen and oxygen atoms in total. The van der Waals surface area contributed by atoms with E-state index in [0.717, 1.165) is 24.7 Å². The molecule has 2 aliphatic heterocycles. The van der Waals surface area contributed by atoms with Crippen molar-refractivity contribution in [2.45, 2.75) is 91.7 Å². The number of nitrogens with one attached hydrogen (secondary N) is 2. The van der Waals surface area contributed by atoms with Gasteiger partial charge >= 0.3 is 23.6 Å². The largest absolute Gasteiger partial charge is 0.480 e. The number of amides is 4. The number of hydrogen-bond acceptors (Lipinski definition) is 12. The molecule has 2 atom stereocenters. The number of carboxylic acid groups (broad SMARTS) is 1. The Labute approximate surface area is 448 Å². The van der Waals surface area contributed by atoms with Crippen LogP contribution < -0.4 is 16.6 Å². The Kier molecular flexibility index (Phi) is 30.3. The minimum Gasteiger partial charge on any atom is -0.480 e. The van der Waals surface area contributed by atoms with Crippen molar-refractivity contribution in [3.8, 4) is 0 Å². The number of nitrogen functional groups attached to an aromatic ring is 1. The van der Waals surface area contributed by atoms with Gasteiger partial charge in [-0.3, -0.25) is 29.6 Å². The molecule has 5 N–H and O–H groups in total. The van der Waals surface area contributed by atoms with Crippen LogP contribution in [0.25, 0.3) is 0 Å². The van der Waals surface area contributed by atoms with Crippen LogP contribution in [0.1, 0.15) is 92.1 Å². The molecule has 2 aliphatic rings. The lowest BCUT2D eigenvalue weighted by atomic mass is 10.1. The van der Waals surface area contributed by atoms with Gasteiger partial charge in [-0.2, -0.15) is 0 Å². The third kappa shape index (κ3) is 24.6. The van der Waals surface area contributed by atoms with E-state index in [1.165, 1.54) is 29.4 Å². The Hall–Kier alpha value is -5.36. The third-order valence-corrected chi connectivity index (χ3v) is 12.0. The number of Topliss-reactive ketones (excluding diaryl/α,β-unsaturated/α-hetero) is 1. The molecule has 2 fully saturated rings. The topological polar surface area (TPSA) is 227 Å². The average Bonchev–Trinajstić information content (AvgIpc) is 4.08. The summed E-state index contributed by atoms with van der Waals surface area (Å²) < 4.78 is 17.0. The molecule has 0 aromatic heterocycles. The lowest BCUT2D eigenvalue weighted by Crippen LogP contribution is -2.45. The number of hydrazine groups is 1. The van der Waals surface area contributed by atoms with Crippen molar-refractivity contribution < 1.29 is 52.9 Å². The number of likely N-dealkylation sites (tertiary alicyclic amines) is 2. The molecule has 0 bridgehead atoms. The molecule has 6 rings (SSSR count). The van der Waals surface area contributed by atoms with E-state index in [1.54, 1.807) is 38.1 Å². The highest BCUT2D eigenvalue weighted by Gasteiger charge is 2.36. The Morgan fingerprint density at radius 3 is 1.44 bits per heavy atom. The summed E-state index contributed by atoms with van der Waals surface area (Å²) in [5, 5.41) is 11.6. The number of rotatable bonds is 14. The molecule has 386 valence electrons. The third-order valence-electron chi connectivity index (χ3n) is 10.5. The first-order valence-electron chi connectivity index (χ1n) is 23.0. The SMILES string of the molecule is CC(C)OC(=O)Cl.CCN(CC)CC.NNC(=O)c1ccc(I)cc1.O=C(NCC(=O)[C@@H]1CCCN1C(=O)OCc1ccccc1)c1ccc(I)cc1.O=C(O)[C@@H]1CCCN1C(=O)OCc1ccccc1. The predicted molar refractivity (Wildman–Crippen MR) is 289 cm³/mol. The number of ether oxygens (including phenoxy) is 3. The van der Waals surface area contributed by atoms with E-state index in [2.05, 4.69) is 86.3 Å². The molecule has 0 radical (unpaired) electrons. The zero-order chi connectivity index (χ0) is 52.7. The van der Waals surface area contributed by atoms with Gasteiger partial charge in [0.15, 0.2) is 5.78 Å². The van der Waals surface area contributed by atoms with Crippen LogP contribution in [0.3, 0.4) is 0 Å². The first kappa shape index (κ1) is 61.8. The lowest BCUT2D eigenvalue weighted by molar-refractivity contribution is -0.141. The normalized spacial score (nSPS) is 14.4. The molecule has 2 heterocycles. The number of aliphatic carboxylic acids is 1. The Morgan fingerprint density at radius 2 is 1.08 bits per heavy atom. The number of carbonyl (C=O) groups excluding carboxylic acids is 6. The van der Waals surface area contributed by atoms with E-state index in [9.17, 15) is 33.6 Å². The smallest absolute Gasteiger partial charge is 0.410 e. The number of benzene rings is 4. The molecule has 20 heteroatoms. The highest BCUT2D eigenvalue weighted by Crippen LogP contribution is 2.21. The van der Waals surface area contributed by atoms with Gasteiger partial charge < -0.3 is 29.5 Å². The van der Waals surface area contributed by atoms with Crippen molar-refractivity contribution >= 4 is 98.0 Å². The number of halogens is 3. The van der Waals surface area contributed by atoms with Gasteiger partial charge in [-0.1, -0.05) is 81.4 Å². The summed E-state index contributed by atoms with van der Waals surface area (Å²) in [6, 6.07) is 31.7. The molecule has 4 aromatic rings. The van der Waals surface area contributed by atoms with E-state index < -0.39 is 35.7 Å². The summed E-state index contributed by atoms with van der Waals surface area (Å²) in [6.45, 7) is 14.8. The molecule has 0 spiro atoms. The molecule has 4 amide bonds. The number of hydrogen-bond donors (Lipinski definition) is 4. The van der Waals surface area contributed by atoms with Crippen molar-refractivity contribution in [3.63, 3.8) is 0 Å². The molecule has 71 heavy (non-hydrogen) atoms. The van der Waals surface area contributed by atoms with Crippen LogP contribution >= 0.6 is 56.8 Å². The van der Waals surface area contributed by atoms with E-state index in [0.29, 0.717) is 43.5 Å². The van der Waals surface area contributed by atoms with Gasteiger partial charge in [-0.25, -0.2) is 25.0 Å². The van der Waals surface area contributed by atoms with Gasteiger partial charge in [-0.05, 0) is 164 Å². The first-order valence-corrected chi connectivity index (χ1v) is 25.6. The van der Waals surface area contributed by atoms with Crippen LogP contribution in [0.15, 0.2) is 109 Å². The van der Waals surface area contributed by atoms with Crippen LogP contribution in [0.4, 0.5) is 14.4 Å². The van der Waals surface area contributed by atoms with Crippen LogP contribution in [-0.2, 0) is 37.0 Å². The van der Waals surface area contributed by atoms with Gasteiger partial charge in [0.2, 0.25) is 0 Å². The van der Waals surface area contributed by atoms with Crippen LogP contribution in [0.5, 0.6) is 0 Å². The number of nitrogens with two attached hydrogens (primary N) is 1. The maximum atomic E-state index is 12.6. The van der Waals surface area contributed by atoms with Crippen molar-refractivity contribution in [1.82, 2.24) is 25.4 Å². The monoisotopic (exact) mass is 1230 g/mol. The predicted octanol–water partition coefficient (Wildman–Crippen LogP) is 9.28. The lowest BCUT2D eigenvalue weighted by Gasteiger charge is -2.23. The number of carbonyl (C=O) groups is 7. The van der Waals surface area contributed by atoms with Crippen molar-refractivity contribution in [3.05, 3.63) is 139 Å². The number of ketones is 1. The van der Waals surface area contributed by atoms with Crippen LogP contribution in [0, 0.1) is 7.14 Å². The summed E-state index contributed by atoms with van der Waals surface area (Å²) in [5.74, 6) is 3.22. The minimum atomic E-state index is -0.968. The van der Waals surface area contributed by atoms with Gasteiger partial charge in [-0.15, -0.1) is 0 Å². The maximum absolute atomic E-state index is 12.6. The highest BCUT2D eigenvalue weighted by molar-refractivity contribution is 14.1. The van der Waals surface area contributed by atoms with Crippen molar-refractivity contribution in [2.75, 3.05) is 39.3 Å². The quantitative estimate of drug-likeness (QED) is 0.0231. The van der Waals surface area contributed by atoms with Crippen molar-refractivity contribution in [2.24, 2.45) is 5.84 Å². The fourth-order valence-electron chi connectivity index (χ4n) is 6.70. The van der Waals surface area contributed by atoms with Crippen LogP contribution in [-0.4, -0.2) is 118 Å². The van der Waals surface area contributed by atoms with Gasteiger partial charge in [0.05, 0.1) is 18.7 Å². The molecule has 0 saturated carbocycles. The van der Waals surface area contributed by atoms with E-state index in [-0.39, 0.29) is 43.5 Å². The zero-order valence-electron chi connectivity index (χ0n) is 40.7. The Morgan fingerprint density at radius 1 is 0.676 bits per heavy atom. The van der Waals surface area contributed by atoms with E-state index in [1.807, 2.05) is 84.9 Å². The second-order valence-electron chi connectivity index (χ2n) is 15.8. The maximum Gasteiger partial charge on any atom is 0.410 e. The molecule has 0 unspecified atom stereocenters. The molecular weight excluding hydrogens is 1160 g/mol. The summed E-state index contributed by atoms with van der Waals surface area (Å²) in [5.41, 5.74) is 4.17. The van der Waals surface area contributed by atoms with Gasteiger partial charge in [0, 0.05) is 43.0 Å². The molecule has 4 aromatic carbocycles. The zero-order valence-corrected chi connectivity index (χ0v) is 45.8. The number of carboxylic acids is 1. The summed E-state index contributed by atoms with van der Waals surface area (Å²) in [6.07, 6.45) is 1.37. The summed E-state index contributed by atoms with van der Waals surface area (Å²) in [4.78, 5) is 85.6. The molecular formula is C51H65ClI2N6O11. The van der Waals surface area contributed by atoms with E-state index in [4.69, 9.17) is 32.0 Å². The highest BCUT2D eigenvalue weighted by atomic mass is 127. The summed E-state index contributed by atoms with van der Waals surface area (Å²) >= 11 is 9.14. The molecule has 2 saturated heterocycles. The fourth-order valence-corrected chi connectivity index (χ4v) is 7.59. The van der Waals surface area contributed by atoms with E-state index >= 15 is 0 Å². The first-order chi connectivity index (χ1) is 33.9. The number of nitrogens with zero attached hydrogens (tertiary/aromatic N) is 3. The Balaban J connectivity index is 0.000000342. The summed E-state index contributed by atoms with van der Waals surface area (Å²) in [7, 11) is 0. The van der Waals surface area contributed by atoms with Crippen LogP contribution in [0.2, 0.25) is 0 Å². The second kappa shape index (κ2) is 34.9. The van der Waals surface area contributed by atoms with Gasteiger partial charge in [0.25, 0.3) is 11.8 Å².